The Bertz CT molecular complexity index is 61.5. The topological polar surface area (TPSA) is 12.0 Å². The Morgan fingerprint density at radius 1 is 1.62 bits per heavy atom. The van der Waals surface area contributed by atoms with Crippen LogP contribution in [0, 0.1) is 5.92 Å². The summed E-state index contributed by atoms with van der Waals surface area (Å²) >= 11 is 4.57. The summed E-state index contributed by atoms with van der Waals surface area (Å²) < 4.78 is 0. The van der Waals surface area contributed by atoms with Gasteiger partial charge in [-0.3, -0.25) is 0 Å². The van der Waals surface area contributed by atoms with E-state index in [1.807, 2.05) is 0 Å². The van der Waals surface area contributed by atoms with Crippen LogP contribution in [-0.2, 0) is 0 Å². The van der Waals surface area contributed by atoms with Gasteiger partial charge >= 0.3 is 0 Å². The number of hydrogen-bond donors (Lipinski definition) is 1. The third kappa shape index (κ3) is 5.89. The SMILES string of the molecule is CC(C)CCNC=S. The van der Waals surface area contributed by atoms with Gasteiger partial charge in [-0.1, -0.05) is 26.1 Å². The number of rotatable bonds is 4. The van der Waals surface area contributed by atoms with Crippen LogP contribution in [0.1, 0.15) is 20.3 Å². The van der Waals surface area contributed by atoms with Gasteiger partial charge in [-0.05, 0) is 12.3 Å². The summed E-state index contributed by atoms with van der Waals surface area (Å²) in [6.07, 6.45) is 1.20. The minimum Gasteiger partial charge on any atom is -0.382 e. The van der Waals surface area contributed by atoms with E-state index in [1.54, 1.807) is 5.49 Å². The van der Waals surface area contributed by atoms with Crippen LogP contribution in [-0.4, -0.2) is 12.0 Å². The Kier molecular flexibility index (Phi) is 4.97. The van der Waals surface area contributed by atoms with Crippen LogP contribution in [0.4, 0.5) is 0 Å². The first kappa shape index (κ1) is 7.89. The first-order chi connectivity index (χ1) is 3.77. The number of thiocarbonyl (C=S) groups is 1. The normalized spacial score (nSPS) is 9.38. The van der Waals surface area contributed by atoms with Crippen molar-refractivity contribution in [3.05, 3.63) is 0 Å². The molecule has 1 N–H and O–H groups in total. The molecule has 0 saturated carbocycles. The minimum absolute atomic E-state index is 0.775. The second-order valence-electron chi connectivity index (χ2n) is 2.25. The van der Waals surface area contributed by atoms with Gasteiger partial charge in [-0.15, -0.1) is 0 Å². The van der Waals surface area contributed by atoms with Crippen molar-refractivity contribution in [2.75, 3.05) is 6.54 Å². The van der Waals surface area contributed by atoms with E-state index in [1.165, 1.54) is 6.42 Å². The number of hydrogen-bond acceptors (Lipinski definition) is 1. The summed E-state index contributed by atoms with van der Waals surface area (Å²) in [6.45, 7) is 5.41. The lowest BCUT2D eigenvalue weighted by molar-refractivity contribution is 0.581. The highest BCUT2D eigenvalue weighted by molar-refractivity contribution is 7.78. The van der Waals surface area contributed by atoms with Gasteiger partial charge in [0.25, 0.3) is 0 Å². The summed E-state index contributed by atoms with van der Waals surface area (Å²) in [6, 6.07) is 0. The lowest BCUT2D eigenvalue weighted by Crippen LogP contribution is -2.12. The smallest absolute Gasteiger partial charge is 0.0614 e. The van der Waals surface area contributed by atoms with Crippen LogP contribution in [0.25, 0.3) is 0 Å². The maximum absolute atomic E-state index is 4.57. The zero-order valence-electron chi connectivity index (χ0n) is 5.48. The highest BCUT2D eigenvalue weighted by atomic mass is 32.1. The van der Waals surface area contributed by atoms with E-state index < -0.39 is 0 Å². The molecule has 0 radical (unpaired) electrons. The molecule has 0 aromatic rings. The monoisotopic (exact) mass is 131 g/mol. The molecule has 0 unspecified atom stereocenters. The molecular formula is C6H13NS. The molecule has 1 nitrogen and oxygen atoms in total. The van der Waals surface area contributed by atoms with E-state index >= 15 is 0 Å². The Balaban J connectivity index is 2.81. The van der Waals surface area contributed by atoms with Gasteiger partial charge in [0.05, 0.1) is 5.49 Å². The van der Waals surface area contributed by atoms with Crippen molar-refractivity contribution in [1.29, 1.82) is 0 Å². The highest BCUT2D eigenvalue weighted by Gasteiger charge is 1.88. The standard InChI is InChI=1S/C6H13NS/c1-6(2)3-4-7-5-8/h5-6H,3-4H2,1-2H3,(H,7,8). The number of nitrogens with one attached hydrogen (secondary N) is 1. The van der Waals surface area contributed by atoms with E-state index in [9.17, 15) is 0 Å². The lowest BCUT2D eigenvalue weighted by atomic mass is 10.1. The summed E-state index contributed by atoms with van der Waals surface area (Å²) in [4.78, 5) is 0. The van der Waals surface area contributed by atoms with Crippen LogP contribution in [0.15, 0.2) is 0 Å². The quantitative estimate of drug-likeness (QED) is 0.459. The van der Waals surface area contributed by atoms with Gasteiger partial charge in [0.15, 0.2) is 0 Å². The predicted octanol–water partition coefficient (Wildman–Crippen LogP) is 1.58. The van der Waals surface area contributed by atoms with Gasteiger partial charge in [0, 0.05) is 6.54 Å². The Morgan fingerprint density at radius 2 is 2.25 bits per heavy atom. The molecule has 0 spiro atoms. The van der Waals surface area contributed by atoms with E-state index in [2.05, 4.69) is 31.4 Å². The first-order valence-electron chi connectivity index (χ1n) is 2.94. The van der Waals surface area contributed by atoms with Crippen LogP contribution < -0.4 is 5.32 Å². The van der Waals surface area contributed by atoms with E-state index in [-0.39, 0.29) is 0 Å². The molecule has 0 bridgehead atoms. The second-order valence-corrected chi connectivity index (χ2v) is 2.49. The molecule has 0 fully saturated rings. The van der Waals surface area contributed by atoms with Crippen LogP contribution >= 0.6 is 12.2 Å². The van der Waals surface area contributed by atoms with Gasteiger partial charge in [0.1, 0.15) is 0 Å². The van der Waals surface area contributed by atoms with Crippen molar-refractivity contribution in [2.45, 2.75) is 20.3 Å². The maximum Gasteiger partial charge on any atom is 0.0614 e. The van der Waals surface area contributed by atoms with Crippen molar-refractivity contribution in [1.82, 2.24) is 5.32 Å². The van der Waals surface area contributed by atoms with Gasteiger partial charge < -0.3 is 5.32 Å². The third-order valence-electron chi connectivity index (χ3n) is 0.949. The van der Waals surface area contributed by atoms with E-state index in [0.717, 1.165) is 12.5 Å². The Morgan fingerprint density at radius 3 is 2.62 bits per heavy atom. The molecule has 0 aromatic carbocycles. The third-order valence-corrected chi connectivity index (χ3v) is 1.12. The molecule has 0 heterocycles. The fourth-order valence-electron chi connectivity index (χ4n) is 0.431. The van der Waals surface area contributed by atoms with Gasteiger partial charge in [-0.2, -0.15) is 0 Å². The fraction of sp³-hybridized carbons (Fsp3) is 0.833. The lowest BCUT2D eigenvalue weighted by Gasteiger charge is -2.01. The molecule has 48 valence electrons. The largest absolute Gasteiger partial charge is 0.382 e. The Labute approximate surface area is 56.5 Å². The Hall–Kier alpha value is -0.110. The van der Waals surface area contributed by atoms with Crippen LogP contribution in [0.2, 0.25) is 0 Å². The highest BCUT2D eigenvalue weighted by Crippen LogP contribution is 1.95. The fourth-order valence-corrected chi connectivity index (χ4v) is 0.549. The van der Waals surface area contributed by atoms with Gasteiger partial charge in [0.2, 0.25) is 0 Å². The summed E-state index contributed by atoms with van der Waals surface area (Å²) in [5, 5.41) is 2.97. The molecule has 8 heavy (non-hydrogen) atoms. The van der Waals surface area contributed by atoms with Gasteiger partial charge in [-0.25, -0.2) is 0 Å². The zero-order valence-corrected chi connectivity index (χ0v) is 6.29. The van der Waals surface area contributed by atoms with E-state index in [4.69, 9.17) is 0 Å². The van der Waals surface area contributed by atoms with Crippen molar-refractivity contribution in [3.8, 4) is 0 Å². The minimum atomic E-state index is 0.775. The molecule has 2 heteroatoms. The molecule has 0 rings (SSSR count). The molecule has 0 aliphatic rings. The van der Waals surface area contributed by atoms with Crippen molar-refractivity contribution in [2.24, 2.45) is 5.92 Å². The van der Waals surface area contributed by atoms with Crippen molar-refractivity contribution in [3.63, 3.8) is 0 Å². The summed E-state index contributed by atoms with van der Waals surface area (Å²) in [7, 11) is 0. The molecule has 0 saturated heterocycles. The van der Waals surface area contributed by atoms with E-state index in [0.29, 0.717) is 0 Å². The first-order valence-corrected chi connectivity index (χ1v) is 3.41. The zero-order chi connectivity index (χ0) is 6.41. The van der Waals surface area contributed by atoms with Crippen LogP contribution in [0.3, 0.4) is 0 Å². The van der Waals surface area contributed by atoms with Crippen molar-refractivity contribution >= 4 is 17.7 Å². The molecule has 0 aliphatic heterocycles. The molecule has 0 atom stereocenters. The average molecular weight is 131 g/mol. The average Bonchev–Trinajstić information content (AvgIpc) is 1.66. The molecule has 0 amide bonds. The maximum atomic E-state index is 4.57. The van der Waals surface area contributed by atoms with Crippen molar-refractivity contribution < 1.29 is 0 Å². The summed E-state index contributed by atoms with van der Waals surface area (Å²) in [5.41, 5.74) is 1.57. The molecule has 0 aromatic heterocycles. The molecular weight excluding hydrogens is 118 g/mol. The summed E-state index contributed by atoms with van der Waals surface area (Å²) in [5.74, 6) is 0.775. The van der Waals surface area contributed by atoms with Crippen LogP contribution in [0.5, 0.6) is 0 Å². The second kappa shape index (κ2) is 5.04. The predicted molar refractivity (Wildman–Crippen MR) is 41.1 cm³/mol. The molecule has 0 aliphatic carbocycles.